The Labute approximate surface area is 147 Å². The molecule has 0 fully saturated rings. The lowest BCUT2D eigenvalue weighted by molar-refractivity contribution is -0.111. The van der Waals surface area contributed by atoms with Crippen LogP contribution in [0.2, 0.25) is 10.0 Å². The van der Waals surface area contributed by atoms with Crippen LogP contribution in [0.15, 0.2) is 42.5 Å². The molecule has 3 nitrogen and oxygen atoms in total. The molecule has 0 saturated heterocycles. The van der Waals surface area contributed by atoms with Crippen LogP contribution in [-0.4, -0.2) is 10.9 Å². The van der Waals surface area contributed by atoms with Crippen molar-refractivity contribution in [3.05, 3.63) is 63.6 Å². The van der Waals surface area contributed by atoms with Crippen molar-refractivity contribution >= 4 is 61.9 Å². The molecule has 0 aliphatic carbocycles. The molecule has 0 atom stereocenters. The van der Waals surface area contributed by atoms with Gasteiger partial charge in [0.1, 0.15) is 0 Å². The Hall–Kier alpha value is -1.88. The Morgan fingerprint density at radius 2 is 1.96 bits per heavy atom. The van der Waals surface area contributed by atoms with Crippen LogP contribution in [0.1, 0.15) is 11.1 Å². The van der Waals surface area contributed by atoms with E-state index in [2.05, 4.69) is 10.3 Å². The first-order valence-electron chi connectivity index (χ1n) is 6.84. The van der Waals surface area contributed by atoms with Crippen LogP contribution in [0, 0.1) is 6.92 Å². The first-order valence-corrected chi connectivity index (χ1v) is 8.41. The van der Waals surface area contributed by atoms with Gasteiger partial charge in [0.2, 0.25) is 5.91 Å². The van der Waals surface area contributed by atoms with E-state index in [0.717, 1.165) is 21.3 Å². The number of amides is 1. The van der Waals surface area contributed by atoms with Crippen LogP contribution >= 0.6 is 34.5 Å². The summed E-state index contributed by atoms with van der Waals surface area (Å²) in [6, 6.07) is 11.1. The summed E-state index contributed by atoms with van der Waals surface area (Å²) in [5, 5.41) is 4.57. The van der Waals surface area contributed by atoms with Gasteiger partial charge in [0, 0.05) is 16.1 Å². The number of anilines is 1. The lowest BCUT2D eigenvalue weighted by Crippen LogP contribution is -2.07. The first-order chi connectivity index (χ1) is 11.0. The third-order valence-corrected chi connectivity index (χ3v) is 4.99. The van der Waals surface area contributed by atoms with Crippen LogP contribution in [0.25, 0.3) is 16.3 Å². The number of carbonyl (C=O) groups excluding carboxylic acids is 1. The Morgan fingerprint density at radius 3 is 2.74 bits per heavy atom. The Morgan fingerprint density at radius 1 is 1.17 bits per heavy atom. The number of aryl methyl sites for hydroxylation is 1. The van der Waals surface area contributed by atoms with Gasteiger partial charge in [-0.1, -0.05) is 52.7 Å². The van der Waals surface area contributed by atoms with Crippen molar-refractivity contribution in [3.8, 4) is 0 Å². The molecule has 3 rings (SSSR count). The number of hydrogen-bond donors (Lipinski definition) is 1. The molecule has 0 bridgehead atoms. The average molecular weight is 363 g/mol. The second-order valence-electron chi connectivity index (χ2n) is 4.88. The van der Waals surface area contributed by atoms with E-state index in [4.69, 9.17) is 23.2 Å². The van der Waals surface area contributed by atoms with Gasteiger partial charge in [-0.25, -0.2) is 4.98 Å². The second-order valence-corrected chi connectivity index (χ2v) is 6.73. The number of fused-ring (bicyclic) bond motifs is 1. The number of nitrogens with zero attached hydrogens (tertiary/aromatic N) is 1. The van der Waals surface area contributed by atoms with Crippen molar-refractivity contribution in [2.75, 3.05) is 5.32 Å². The molecule has 1 amide bonds. The molecule has 23 heavy (non-hydrogen) atoms. The van der Waals surface area contributed by atoms with E-state index in [1.54, 1.807) is 12.1 Å². The maximum Gasteiger partial charge on any atom is 0.250 e. The summed E-state index contributed by atoms with van der Waals surface area (Å²) in [5.74, 6) is -0.257. The molecule has 1 N–H and O–H groups in total. The molecule has 0 aliphatic heterocycles. The average Bonchev–Trinajstić information content (AvgIpc) is 2.93. The van der Waals surface area contributed by atoms with Gasteiger partial charge in [-0.15, -0.1) is 0 Å². The van der Waals surface area contributed by atoms with Crippen molar-refractivity contribution < 1.29 is 4.79 Å². The molecule has 116 valence electrons. The van der Waals surface area contributed by atoms with E-state index in [1.165, 1.54) is 17.4 Å². The van der Waals surface area contributed by atoms with E-state index < -0.39 is 0 Å². The van der Waals surface area contributed by atoms with E-state index >= 15 is 0 Å². The number of halogens is 2. The fourth-order valence-corrected chi connectivity index (χ4v) is 3.36. The second kappa shape index (κ2) is 6.71. The summed E-state index contributed by atoms with van der Waals surface area (Å²) < 4.78 is 0.984. The molecular weight excluding hydrogens is 351 g/mol. The highest BCUT2D eigenvalue weighted by Gasteiger charge is 2.09. The van der Waals surface area contributed by atoms with Gasteiger partial charge in [-0.05, 0) is 42.3 Å². The van der Waals surface area contributed by atoms with Crippen molar-refractivity contribution in [2.24, 2.45) is 0 Å². The number of aromatic nitrogens is 1. The van der Waals surface area contributed by atoms with Gasteiger partial charge in [0.25, 0.3) is 0 Å². The topological polar surface area (TPSA) is 42.0 Å². The van der Waals surface area contributed by atoms with Gasteiger partial charge in [0.15, 0.2) is 5.13 Å². The number of rotatable bonds is 3. The highest BCUT2D eigenvalue weighted by atomic mass is 35.5. The predicted molar refractivity (Wildman–Crippen MR) is 98.5 cm³/mol. The Kier molecular flexibility index (Phi) is 4.66. The van der Waals surface area contributed by atoms with Gasteiger partial charge >= 0.3 is 0 Å². The highest BCUT2D eigenvalue weighted by Crippen LogP contribution is 2.31. The zero-order valence-corrected chi connectivity index (χ0v) is 14.5. The van der Waals surface area contributed by atoms with Crippen molar-refractivity contribution in [1.29, 1.82) is 0 Å². The predicted octanol–water partition coefficient (Wildman–Crippen LogP) is 5.56. The zero-order valence-electron chi connectivity index (χ0n) is 12.1. The van der Waals surface area contributed by atoms with Crippen molar-refractivity contribution in [3.63, 3.8) is 0 Å². The monoisotopic (exact) mass is 362 g/mol. The highest BCUT2D eigenvalue weighted by molar-refractivity contribution is 7.22. The molecule has 2 aromatic carbocycles. The molecule has 6 heteroatoms. The Bertz CT molecular complexity index is 918. The third-order valence-electron chi connectivity index (χ3n) is 3.30. The molecule has 1 heterocycles. The first kappa shape index (κ1) is 16.0. The molecule has 0 aliphatic rings. The van der Waals surface area contributed by atoms with Gasteiger partial charge in [-0.2, -0.15) is 0 Å². The maximum atomic E-state index is 12.0. The number of hydrogen-bond acceptors (Lipinski definition) is 3. The van der Waals surface area contributed by atoms with Gasteiger partial charge in [-0.3, -0.25) is 10.1 Å². The quantitative estimate of drug-likeness (QED) is 0.619. The number of benzene rings is 2. The lowest BCUT2D eigenvalue weighted by Gasteiger charge is -1.98. The van der Waals surface area contributed by atoms with E-state index in [9.17, 15) is 4.79 Å². The summed E-state index contributed by atoms with van der Waals surface area (Å²) in [6.45, 7) is 1.91. The van der Waals surface area contributed by atoms with E-state index in [0.29, 0.717) is 15.2 Å². The molecule has 0 saturated carbocycles. The molecule has 0 radical (unpaired) electrons. The largest absolute Gasteiger partial charge is 0.298 e. The maximum absolute atomic E-state index is 12.0. The summed E-state index contributed by atoms with van der Waals surface area (Å²) in [6.07, 6.45) is 3.11. The molecule has 1 aromatic heterocycles. The summed E-state index contributed by atoms with van der Waals surface area (Å²) in [5.41, 5.74) is 2.51. The van der Waals surface area contributed by atoms with E-state index in [1.807, 2.05) is 37.3 Å². The number of nitrogens with one attached hydrogen (secondary N) is 1. The van der Waals surface area contributed by atoms with E-state index in [-0.39, 0.29) is 5.91 Å². The molecule has 0 spiro atoms. The summed E-state index contributed by atoms with van der Waals surface area (Å²) in [7, 11) is 0. The van der Waals surface area contributed by atoms with Crippen molar-refractivity contribution in [2.45, 2.75) is 6.92 Å². The minimum atomic E-state index is -0.257. The van der Waals surface area contributed by atoms with Gasteiger partial charge in [0.05, 0.1) is 10.2 Å². The van der Waals surface area contributed by atoms with Crippen molar-refractivity contribution in [1.82, 2.24) is 4.98 Å². The normalized spacial score (nSPS) is 11.3. The standard InChI is InChI=1S/C17H12Cl2N2OS/c1-10-12(18)7-8-14-16(10)21-17(23-14)20-15(22)9-6-11-4-2-3-5-13(11)19/h2-9H,1H3,(H,20,21,22)/b9-6+. The van der Waals surface area contributed by atoms with Crippen LogP contribution in [0.3, 0.4) is 0 Å². The Balaban J connectivity index is 1.78. The van der Waals surface area contributed by atoms with Crippen LogP contribution in [0.5, 0.6) is 0 Å². The SMILES string of the molecule is Cc1c(Cl)ccc2sc(NC(=O)/C=C/c3ccccc3Cl)nc12. The summed E-state index contributed by atoms with van der Waals surface area (Å²) in [4.78, 5) is 16.5. The minimum Gasteiger partial charge on any atom is -0.298 e. The van der Waals surface area contributed by atoms with Crippen LogP contribution in [0.4, 0.5) is 5.13 Å². The zero-order chi connectivity index (χ0) is 16.4. The molecule has 0 unspecified atom stereocenters. The smallest absolute Gasteiger partial charge is 0.250 e. The fraction of sp³-hybridized carbons (Fsp3) is 0.0588. The lowest BCUT2D eigenvalue weighted by atomic mass is 10.2. The minimum absolute atomic E-state index is 0.257. The number of thiazole rings is 1. The number of carbonyl (C=O) groups is 1. The molecule has 3 aromatic rings. The molecular formula is C17H12Cl2N2OS. The fourth-order valence-electron chi connectivity index (χ4n) is 2.08. The van der Waals surface area contributed by atoms with Crippen LogP contribution in [-0.2, 0) is 4.79 Å². The van der Waals surface area contributed by atoms with Crippen LogP contribution < -0.4 is 5.32 Å². The third kappa shape index (κ3) is 3.55. The van der Waals surface area contributed by atoms with Gasteiger partial charge < -0.3 is 0 Å². The summed E-state index contributed by atoms with van der Waals surface area (Å²) >= 11 is 13.5.